The van der Waals surface area contributed by atoms with Gasteiger partial charge in [0.1, 0.15) is 0 Å². The van der Waals surface area contributed by atoms with E-state index in [4.69, 9.17) is 4.74 Å². The van der Waals surface area contributed by atoms with Crippen LogP contribution in [0.1, 0.15) is 34.6 Å². The minimum absolute atomic E-state index is 0.0101. The molecule has 1 aliphatic rings. The molecule has 1 saturated heterocycles. The van der Waals surface area contributed by atoms with Gasteiger partial charge in [-0.15, -0.1) is 0 Å². The Balaban J connectivity index is 1.48. The van der Waals surface area contributed by atoms with Gasteiger partial charge in [-0.1, -0.05) is 32.0 Å². The number of ether oxygens (including phenoxy) is 1. The van der Waals surface area contributed by atoms with E-state index in [0.717, 1.165) is 19.6 Å². The predicted octanol–water partition coefficient (Wildman–Crippen LogP) is 3.03. The zero-order valence-corrected chi connectivity index (χ0v) is 17.1. The summed E-state index contributed by atoms with van der Waals surface area (Å²) < 4.78 is 5.78. The summed E-state index contributed by atoms with van der Waals surface area (Å²) in [6, 6.07) is 15.9. The first-order chi connectivity index (χ1) is 14.0. The molecule has 6 heteroatoms. The Bertz CT molecular complexity index is 806. The minimum Gasteiger partial charge on any atom is -0.374 e. The number of amides is 2. The second-order valence-electron chi connectivity index (χ2n) is 7.75. The van der Waals surface area contributed by atoms with Crippen molar-refractivity contribution in [2.45, 2.75) is 20.0 Å². The van der Waals surface area contributed by atoms with E-state index in [1.165, 1.54) is 0 Å². The molecule has 0 spiro atoms. The molecule has 2 N–H and O–H groups in total. The molecule has 3 rings (SSSR count). The number of benzene rings is 2. The highest BCUT2D eigenvalue weighted by Gasteiger charge is 2.21. The molecule has 1 atom stereocenters. The van der Waals surface area contributed by atoms with Crippen LogP contribution in [0.4, 0.5) is 5.69 Å². The van der Waals surface area contributed by atoms with Crippen LogP contribution in [0.2, 0.25) is 0 Å². The lowest BCUT2D eigenvalue weighted by atomic mass is 10.1. The van der Waals surface area contributed by atoms with Crippen molar-refractivity contribution in [3.63, 3.8) is 0 Å². The van der Waals surface area contributed by atoms with Crippen LogP contribution in [0.3, 0.4) is 0 Å². The molecule has 2 aromatic carbocycles. The van der Waals surface area contributed by atoms with Gasteiger partial charge in [-0.05, 0) is 42.3 Å². The minimum atomic E-state index is -0.178. The molecule has 1 aliphatic heterocycles. The average molecular weight is 396 g/mol. The van der Waals surface area contributed by atoms with Crippen molar-refractivity contribution in [3.05, 3.63) is 65.7 Å². The fraction of sp³-hybridized carbons (Fsp3) is 0.391. The molecule has 29 heavy (non-hydrogen) atoms. The quantitative estimate of drug-likeness (QED) is 0.756. The summed E-state index contributed by atoms with van der Waals surface area (Å²) in [5.74, 6) is 0.294. The second kappa shape index (κ2) is 10.2. The normalized spacial score (nSPS) is 17.1. The van der Waals surface area contributed by atoms with Crippen LogP contribution in [0, 0.1) is 5.92 Å². The van der Waals surface area contributed by atoms with Gasteiger partial charge >= 0.3 is 0 Å². The van der Waals surface area contributed by atoms with Crippen LogP contribution < -0.4 is 10.6 Å². The maximum atomic E-state index is 12.4. The molecular weight excluding hydrogens is 366 g/mol. The third-order valence-electron chi connectivity index (χ3n) is 4.78. The molecule has 1 heterocycles. The van der Waals surface area contributed by atoms with Crippen LogP contribution >= 0.6 is 0 Å². The van der Waals surface area contributed by atoms with E-state index in [1.54, 1.807) is 36.4 Å². The summed E-state index contributed by atoms with van der Waals surface area (Å²) in [7, 11) is 0. The van der Waals surface area contributed by atoms with Crippen LogP contribution in [0.25, 0.3) is 0 Å². The van der Waals surface area contributed by atoms with Gasteiger partial charge in [0.15, 0.2) is 0 Å². The van der Waals surface area contributed by atoms with E-state index in [-0.39, 0.29) is 17.9 Å². The Morgan fingerprint density at radius 1 is 1.03 bits per heavy atom. The molecule has 154 valence electrons. The fourth-order valence-electron chi connectivity index (χ4n) is 3.39. The predicted molar refractivity (Wildman–Crippen MR) is 114 cm³/mol. The number of hydrogen-bond donors (Lipinski definition) is 2. The van der Waals surface area contributed by atoms with Crippen LogP contribution in [-0.2, 0) is 4.74 Å². The van der Waals surface area contributed by atoms with E-state index in [0.29, 0.717) is 35.9 Å². The number of nitrogens with one attached hydrogen (secondary N) is 2. The summed E-state index contributed by atoms with van der Waals surface area (Å²) in [5, 5.41) is 5.78. The molecular formula is C23H29N3O3. The Kier molecular flexibility index (Phi) is 7.38. The van der Waals surface area contributed by atoms with Crippen LogP contribution in [0.5, 0.6) is 0 Å². The molecule has 1 unspecified atom stereocenters. The van der Waals surface area contributed by atoms with Crippen molar-refractivity contribution in [2.24, 2.45) is 5.92 Å². The Morgan fingerprint density at radius 2 is 1.72 bits per heavy atom. The Labute approximate surface area is 172 Å². The van der Waals surface area contributed by atoms with E-state index >= 15 is 0 Å². The van der Waals surface area contributed by atoms with Gasteiger partial charge in [-0.25, -0.2) is 0 Å². The van der Waals surface area contributed by atoms with Crippen molar-refractivity contribution in [2.75, 3.05) is 38.1 Å². The van der Waals surface area contributed by atoms with Crippen molar-refractivity contribution in [3.8, 4) is 0 Å². The van der Waals surface area contributed by atoms with E-state index in [1.807, 2.05) is 18.2 Å². The van der Waals surface area contributed by atoms with Gasteiger partial charge in [-0.3, -0.25) is 14.5 Å². The largest absolute Gasteiger partial charge is 0.374 e. The number of morpholine rings is 1. The molecule has 1 fully saturated rings. The molecule has 0 aliphatic carbocycles. The molecule has 0 radical (unpaired) electrons. The first kappa shape index (κ1) is 21.0. The molecule has 6 nitrogen and oxygen atoms in total. The van der Waals surface area contributed by atoms with Gasteiger partial charge in [0.05, 0.1) is 12.7 Å². The highest BCUT2D eigenvalue weighted by molar-refractivity contribution is 6.04. The topological polar surface area (TPSA) is 70.7 Å². The van der Waals surface area contributed by atoms with Gasteiger partial charge < -0.3 is 15.4 Å². The summed E-state index contributed by atoms with van der Waals surface area (Å²) in [5.41, 5.74) is 1.79. The molecule has 0 saturated carbocycles. The summed E-state index contributed by atoms with van der Waals surface area (Å²) in [6.07, 6.45) is 0.0101. The molecule has 0 aromatic heterocycles. The summed E-state index contributed by atoms with van der Waals surface area (Å²) >= 11 is 0. The van der Waals surface area contributed by atoms with Crippen LogP contribution in [-0.4, -0.2) is 55.6 Å². The number of nitrogens with zero attached hydrogens (tertiary/aromatic N) is 1. The summed E-state index contributed by atoms with van der Waals surface area (Å²) in [6.45, 7) is 8.42. The highest BCUT2D eigenvalue weighted by Crippen LogP contribution is 2.12. The maximum absolute atomic E-state index is 12.4. The van der Waals surface area contributed by atoms with Gasteiger partial charge in [0.25, 0.3) is 11.8 Å². The van der Waals surface area contributed by atoms with Crippen molar-refractivity contribution in [1.29, 1.82) is 0 Å². The van der Waals surface area contributed by atoms with Gasteiger partial charge in [-0.2, -0.15) is 0 Å². The highest BCUT2D eigenvalue weighted by atomic mass is 16.5. The monoisotopic (exact) mass is 395 g/mol. The van der Waals surface area contributed by atoms with Gasteiger partial charge in [0, 0.05) is 43.0 Å². The molecule has 2 aromatic rings. The number of rotatable bonds is 7. The smallest absolute Gasteiger partial charge is 0.255 e. The number of hydrogen-bond acceptors (Lipinski definition) is 4. The molecule has 0 bridgehead atoms. The SMILES string of the molecule is CC(C)CN1CCOC(CNC(=O)c2ccc(NC(=O)c3ccccc3)cc2)C1. The van der Waals surface area contributed by atoms with Crippen molar-refractivity contribution >= 4 is 17.5 Å². The molecule has 2 amide bonds. The zero-order valence-electron chi connectivity index (χ0n) is 17.1. The lowest BCUT2D eigenvalue weighted by Crippen LogP contribution is -2.48. The lowest BCUT2D eigenvalue weighted by molar-refractivity contribution is -0.0295. The maximum Gasteiger partial charge on any atom is 0.255 e. The number of carbonyl (C=O) groups is 2. The van der Waals surface area contributed by atoms with E-state index in [9.17, 15) is 9.59 Å². The van der Waals surface area contributed by atoms with E-state index in [2.05, 4.69) is 29.4 Å². The van der Waals surface area contributed by atoms with E-state index < -0.39 is 0 Å². The first-order valence-corrected chi connectivity index (χ1v) is 10.1. The second-order valence-corrected chi connectivity index (χ2v) is 7.75. The Morgan fingerprint density at radius 3 is 2.41 bits per heavy atom. The average Bonchev–Trinajstić information content (AvgIpc) is 2.73. The first-order valence-electron chi connectivity index (χ1n) is 10.1. The number of carbonyl (C=O) groups excluding carboxylic acids is 2. The number of anilines is 1. The Hall–Kier alpha value is -2.70. The van der Waals surface area contributed by atoms with Crippen LogP contribution in [0.15, 0.2) is 54.6 Å². The van der Waals surface area contributed by atoms with Gasteiger partial charge in [0.2, 0.25) is 0 Å². The van der Waals surface area contributed by atoms with Crippen molar-refractivity contribution < 1.29 is 14.3 Å². The fourth-order valence-corrected chi connectivity index (χ4v) is 3.39. The lowest BCUT2D eigenvalue weighted by Gasteiger charge is -2.33. The standard InChI is InChI=1S/C23H29N3O3/c1-17(2)15-26-12-13-29-21(16-26)14-24-22(27)19-8-10-20(11-9-19)25-23(28)18-6-4-3-5-7-18/h3-11,17,21H,12-16H2,1-2H3,(H,24,27)(H,25,28). The third kappa shape index (κ3) is 6.41. The van der Waals surface area contributed by atoms with Crippen molar-refractivity contribution in [1.82, 2.24) is 10.2 Å². The summed E-state index contributed by atoms with van der Waals surface area (Å²) in [4.78, 5) is 27.0. The third-order valence-corrected chi connectivity index (χ3v) is 4.78. The zero-order chi connectivity index (χ0) is 20.6.